The first-order valence-corrected chi connectivity index (χ1v) is 8.72. The summed E-state index contributed by atoms with van der Waals surface area (Å²) in [7, 11) is 3.46. The van der Waals surface area contributed by atoms with Crippen LogP contribution < -0.4 is 10.1 Å². The lowest BCUT2D eigenvalue weighted by Crippen LogP contribution is -2.45. The lowest BCUT2D eigenvalue weighted by molar-refractivity contribution is 0.298. The van der Waals surface area contributed by atoms with E-state index in [1.807, 2.05) is 25.2 Å². The molecule has 2 heterocycles. The largest absolute Gasteiger partial charge is 0.496 e. The van der Waals surface area contributed by atoms with Gasteiger partial charge in [-0.1, -0.05) is 17.7 Å². The predicted octanol–water partition coefficient (Wildman–Crippen LogP) is 3.04. The number of nitrogens with one attached hydrogen (secondary N) is 2. The number of aromatic nitrogens is 3. The van der Waals surface area contributed by atoms with Gasteiger partial charge in [0.05, 0.1) is 7.11 Å². The van der Waals surface area contributed by atoms with E-state index in [2.05, 4.69) is 30.4 Å². The molecule has 142 valence electrons. The maximum Gasteiger partial charge on any atom is 0.193 e. The third-order valence-electron chi connectivity index (χ3n) is 4.51. The molecule has 0 spiro atoms. The van der Waals surface area contributed by atoms with Crippen LogP contribution in [-0.4, -0.2) is 53.3 Å². The van der Waals surface area contributed by atoms with Crippen LogP contribution in [-0.2, 0) is 6.54 Å². The molecule has 3 rings (SSSR count). The number of likely N-dealkylation sites (tertiary alicyclic amines) is 1. The lowest BCUT2D eigenvalue weighted by atomic mass is 9.96. The minimum atomic E-state index is 0. The second-order valence-electron chi connectivity index (χ2n) is 5.99. The van der Waals surface area contributed by atoms with E-state index in [4.69, 9.17) is 16.3 Å². The molecule has 0 radical (unpaired) electrons. The molecular weight excluding hydrogens is 467 g/mol. The van der Waals surface area contributed by atoms with Crippen molar-refractivity contribution in [2.75, 3.05) is 27.2 Å². The number of aliphatic imine (C=N–C) groups is 1. The van der Waals surface area contributed by atoms with Gasteiger partial charge in [0.2, 0.25) is 0 Å². The Hall–Kier alpha value is -1.55. The van der Waals surface area contributed by atoms with Crippen molar-refractivity contribution in [3.8, 4) is 5.75 Å². The molecule has 1 aromatic heterocycles. The molecule has 0 amide bonds. The number of hydrogen-bond donors (Lipinski definition) is 2. The van der Waals surface area contributed by atoms with Crippen LogP contribution in [0.1, 0.15) is 30.1 Å². The Morgan fingerprint density at radius 3 is 2.81 bits per heavy atom. The van der Waals surface area contributed by atoms with Crippen LogP contribution in [0.4, 0.5) is 0 Å². The molecule has 0 aliphatic carbocycles. The molecule has 0 bridgehead atoms. The topological polar surface area (TPSA) is 78.4 Å². The van der Waals surface area contributed by atoms with Gasteiger partial charge < -0.3 is 15.0 Å². The minimum absolute atomic E-state index is 0. The second-order valence-corrected chi connectivity index (χ2v) is 6.43. The van der Waals surface area contributed by atoms with Gasteiger partial charge in [-0.15, -0.1) is 24.0 Å². The number of nitrogens with zero attached hydrogens (tertiary/aromatic N) is 4. The van der Waals surface area contributed by atoms with Gasteiger partial charge in [0.25, 0.3) is 0 Å². The number of guanidine groups is 1. The molecule has 26 heavy (non-hydrogen) atoms. The first-order valence-electron chi connectivity index (χ1n) is 8.34. The minimum Gasteiger partial charge on any atom is -0.496 e. The molecule has 0 saturated carbocycles. The fraction of sp³-hybridized carbons (Fsp3) is 0.471. The highest BCUT2D eigenvalue weighted by molar-refractivity contribution is 14.0. The van der Waals surface area contributed by atoms with E-state index in [1.54, 1.807) is 13.4 Å². The van der Waals surface area contributed by atoms with Crippen LogP contribution in [0.5, 0.6) is 5.75 Å². The zero-order valence-electron chi connectivity index (χ0n) is 14.9. The molecule has 2 aromatic rings. The molecule has 9 heteroatoms. The average molecular weight is 491 g/mol. The summed E-state index contributed by atoms with van der Waals surface area (Å²) in [5.41, 5.74) is 1.05. The van der Waals surface area contributed by atoms with Crippen molar-refractivity contribution < 1.29 is 4.74 Å². The van der Waals surface area contributed by atoms with E-state index in [0.717, 1.165) is 49.0 Å². The smallest absolute Gasteiger partial charge is 0.193 e. The van der Waals surface area contributed by atoms with E-state index >= 15 is 0 Å². The van der Waals surface area contributed by atoms with Crippen molar-refractivity contribution >= 4 is 41.5 Å². The van der Waals surface area contributed by atoms with Crippen molar-refractivity contribution in [3.05, 3.63) is 40.9 Å². The quantitative estimate of drug-likeness (QED) is 0.391. The third kappa shape index (κ3) is 5.00. The number of aromatic amines is 1. The predicted molar refractivity (Wildman–Crippen MR) is 114 cm³/mol. The molecular formula is C17H24ClIN6O. The first-order chi connectivity index (χ1) is 12.2. The summed E-state index contributed by atoms with van der Waals surface area (Å²) in [6, 6.07) is 5.66. The summed E-state index contributed by atoms with van der Waals surface area (Å²) in [4.78, 5) is 11.0. The van der Waals surface area contributed by atoms with Crippen molar-refractivity contribution in [1.82, 2.24) is 25.4 Å². The van der Waals surface area contributed by atoms with Gasteiger partial charge in [0, 0.05) is 43.2 Å². The monoisotopic (exact) mass is 490 g/mol. The maximum atomic E-state index is 6.02. The van der Waals surface area contributed by atoms with Gasteiger partial charge in [-0.25, -0.2) is 4.98 Å². The van der Waals surface area contributed by atoms with E-state index in [1.165, 1.54) is 0 Å². The molecule has 1 fully saturated rings. The Bertz CT molecular complexity index is 716. The highest BCUT2D eigenvalue weighted by atomic mass is 127. The Balaban J connectivity index is 0.00000243. The molecule has 0 unspecified atom stereocenters. The summed E-state index contributed by atoms with van der Waals surface area (Å²) in [6.45, 7) is 2.50. The molecule has 1 aliphatic rings. The van der Waals surface area contributed by atoms with Crippen molar-refractivity contribution in [2.24, 2.45) is 4.99 Å². The van der Waals surface area contributed by atoms with Gasteiger partial charge in [-0.2, -0.15) is 5.10 Å². The lowest BCUT2D eigenvalue weighted by Gasteiger charge is -2.33. The fourth-order valence-corrected chi connectivity index (χ4v) is 3.31. The summed E-state index contributed by atoms with van der Waals surface area (Å²) in [5.74, 6) is 3.09. The number of halogens is 2. The second kappa shape index (κ2) is 9.96. The van der Waals surface area contributed by atoms with Crippen molar-refractivity contribution in [2.45, 2.75) is 25.3 Å². The molecule has 7 nitrogen and oxygen atoms in total. The van der Waals surface area contributed by atoms with Crippen molar-refractivity contribution in [3.63, 3.8) is 0 Å². The summed E-state index contributed by atoms with van der Waals surface area (Å²) < 4.78 is 5.40. The van der Waals surface area contributed by atoms with Crippen LogP contribution in [0.25, 0.3) is 0 Å². The number of H-pyrrole nitrogens is 1. The Labute approximate surface area is 175 Å². The number of ether oxygens (including phenoxy) is 1. The zero-order valence-corrected chi connectivity index (χ0v) is 18.0. The molecule has 1 saturated heterocycles. The van der Waals surface area contributed by atoms with Crippen LogP contribution >= 0.6 is 35.6 Å². The molecule has 0 atom stereocenters. The average Bonchev–Trinajstić information content (AvgIpc) is 3.18. The van der Waals surface area contributed by atoms with Crippen LogP contribution in [0.2, 0.25) is 5.02 Å². The van der Waals surface area contributed by atoms with Gasteiger partial charge in [0.15, 0.2) is 5.96 Å². The maximum absolute atomic E-state index is 6.02. The highest BCUT2D eigenvalue weighted by Crippen LogP contribution is 2.25. The van der Waals surface area contributed by atoms with E-state index < -0.39 is 0 Å². The van der Waals surface area contributed by atoms with Crippen molar-refractivity contribution in [1.29, 1.82) is 0 Å². The standard InChI is InChI=1S/C17H23ClN6O.HI/c1-19-17(20-10-13-3-4-14(18)9-15(13)25-2)24-7-5-12(6-8-24)16-21-11-22-23-16;/h3-4,9,11-12H,5-8,10H2,1-2H3,(H,19,20)(H,21,22,23);1H. The van der Waals surface area contributed by atoms with Gasteiger partial charge in [-0.3, -0.25) is 10.1 Å². The molecule has 2 N–H and O–H groups in total. The van der Waals surface area contributed by atoms with E-state index in [9.17, 15) is 0 Å². The SMILES string of the molecule is CN=C(NCc1ccc(Cl)cc1OC)N1CCC(c2ncn[nH]2)CC1.I. The van der Waals surface area contributed by atoms with Crippen LogP contribution in [0, 0.1) is 0 Å². The van der Waals surface area contributed by atoms with Gasteiger partial charge in [-0.05, 0) is 25.0 Å². The Kier molecular flexibility index (Phi) is 7.95. The zero-order chi connectivity index (χ0) is 17.6. The molecule has 1 aromatic carbocycles. The van der Waals surface area contributed by atoms with E-state index in [0.29, 0.717) is 17.5 Å². The Morgan fingerprint density at radius 2 is 2.19 bits per heavy atom. The number of rotatable bonds is 4. The summed E-state index contributed by atoms with van der Waals surface area (Å²) in [5, 5.41) is 11.0. The number of piperidine rings is 1. The number of methoxy groups -OCH3 is 1. The summed E-state index contributed by atoms with van der Waals surface area (Å²) >= 11 is 6.02. The molecule has 1 aliphatic heterocycles. The van der Waals surface area contributed by atoms with Gasteiger partial charge in [0.1, 0.15) is 17.9 Å². The Morgan fingerprint density at radius 1 is 1.42 bits per heavy atom. The first kappa shape index (κ1) is 20.8. The number of benzene rings is 1. The fourth-order valence-electron chi connectivity index (χ4n) is 3.15. The van der Waals surface area contributed by atoms with E-state index in [-0.39, 0.29) is 24.0 Å². The van der Waals surface area contributed by atoms with Crippen LogP contribution in [0.15, 0.2) is 29.5 Å². The highest BCUT2D eigenvalue weighted by Gasteiger charge is 2.24. The van der Waals surface area contributed by atoms with Crippen LogP contribution in [0.3, 0.4) is 0 Å². The normalized spacial score (nSPS) is 15.5. The number of hydrogen-bond acceptors (Lipinski definition) is 4. The summed E-state index contributed by atoms with van der Waals surface area (Å²) in [6.07, 6.45) is 3.63. The third-order valence-corrected chi connectivity index (χ3v) is 4.75. The van der Waals surface area contributed by atoms with Gasteiger partial charge >= 0.3 is 0 Å².